The second kappa shape index (κ2) is 5.93. The van der Waals surface area contributed by atoms with Crippen LogP contribution in [0.15, 0.2) is 24.3 Å². The molecule has 0 aliphatic carbocycles. The monoisotopic (exact) mass is 296 g/mol. The second-order valence-electron chi connectivity index (χ2n) is 5.32. The maximum atomic E-state index is 12.1. The highest BCUT2D eigenvalue weighted by Crippen LogP contribution is 2.13. The van der Waals surface area contributed by atoms with Gasteiger partial charge in [-0.15, -0.1) is 0 Å². The zero-order valence-electron chi connectivity index (χ0n) is 11.8. The lowest BCUT2D eigenvalue weighted by molar-refractivity contribution is -0.127. The van der Waals surface area contributed by atoms with E-state index in [1.54, 1.807) is 4.90 Å². The van der Waals surface area contributed by atoms with Crippen LogP contribution in [0.2, 0.25) is 0 Å². The fraction of sp³-hybridized carbons (Fsp3) is 0.500. The molecule has 0 aromatic heterocycles. The number of carbonyl (C=O) groups excluding carboxylic acids is 1. The highest BCUT2D eigenvalue weighted by molar-refractivity contribution is 7.88. The van der Waals surface area contributed by atoms with E-state index in [0.717, 1.165) is 11.1 Å². The highest BCUT2D eigenvalue weighted by Gasteiger charge is 2.27. The Hall–Kier alpha value is -1.40. The maximum absolute atomic E-state index is 12.1. The van der Waals surface area contributed by atoms with Gasteiger partial charge in [0.25, 0.3) is 0 Å². The fourth-order valence-electron chi connectivity index (χ4n) is 2.46. The van der Waals surface area contributed by atoms with Crippen LogP contribution in [0.4, 0.5) is 0 Å². The van der Waals surface area contributed by atoms with Crippen LogP contribution in [0.25, 0.3) is 0 Å². The molecule has 2 rings (SSSR count). The zero-order chi connectivity index (χ0) is 14.8. The Morgan fingerprint density at radius 2 is 2.20 bits per heavy atom. The molecule has 1 atom stereocenters. The van der Waals surface area contributed by atoms with Crippen LogP contribution >= 0.6 is 0 Å². The van der Waals surface area contributed by atoms with Crippen molar-refractivity contribution in [2.24, 2.45) is 0 Å². The quantitative estimate of drug-likeness (QED) is 0.902. The first kappa shape index (κ1) is 15.0. The molecule has 1 saturated heterocycles. The smallest absolute Gasteiger partial charge is 0.219 e. The summed E-state index contributed by atoms with van der Waals surface area (Å²) in [6, 6.07) is 7.30. The Balaban J connectivity index is 1.97. The lowest BCUT2D eigenvalue weighted by atomic mass is 10.2. The van der Waals surface area contributed by atoms with Crippen LogP contribution < -0.4 is 4.72 Å². The lowest BCUT2D eigenvalue weighted by Crippen LogP contribution is -2.38. The summed E-state index contributed by atoms with van der Waals surface area (Å²) in [6.07, 6.45) is 0.673. The molecule has 1 aromatic carbocycles. The van der Waals surface area contributed by atoms with Gasteiger partial charge < -0.3 is 4.90 Å². The minimum Gasteiger partial charge on any atom is -0.341 e. The molecule has 1 aliphatic rings. The summed E-state index contributed by atoms with van der Waals surface area (Å²) >= 11 is 0. The van der Waals surface area contributed by atoms with Gasteiger partial charge in [-0.3, -0.25) is 4.79 Å². The lowest BCUT2D eigenvalue weighted by Gasteiger charge is -2.15. The number of hydrogen-bond donors (Lipinski definition) is 1. The molecule has 1 N–H and O–H groups in total. The van der Waals surface area contributed by atoms with Crippen LogP contribution in [0.3, 0.4) is 0 Å². The number of amides is 1. The fourth-order valence-corrected chi connectivity index (χ4v) is 3.86. The van der Waals surface area contributed by atoms with E-state index >= 15 is 0 Å². The van der Waals surface area contributed by atoms with Crippen molar-refractivity contribution in [3.63, 3.8) is 0 Å². The summed E-state index contributed by atoms with van der Waals surface area (Å²) < 4.78 is 26.9. The van der Waals surface area contributed by atoms with Gasteiger partial charge >= 0.3 is 0 Å². The highest BCUT2D eigenvalue weighted by atomic mass is 32.2. The van der Waals surface area contributed by atoms with Crippen molar-refractivity contribution in [2.45, 2.75) is 32.1 Å². The normalized spacial score (nSPS) is 19.3. The molecular weight excluding hydrogens is 276 g/mol. The van der Waals surface area contributed by atoms with Crippen molar-refractivity contribution in [3.05, 3.63) is 35.4 Å². The van der Waals surface area contributed by atoms with Gasteiger partial charge in [-0.2, -0.15) is 0 Å². The largest absolute Gasteiger partial charge is 0.341 e. The number of benzene rings is 1. The van der Waals surface area contributed by atoms with Crippen molar-refractivity contribution in [1.29, 1.82) is 0 Å². The SMILES string of the molecule is CC(=O)N1CCC(NS(=O)(=O)Cc2cccc(C)c2)C1. The predicted octanol–water partition coefficient (Wildman–Crippen LogP) is 1.04. The Kier molecular flexibility index (Phi) is 4.45. The van der Waals surface area contributed by atoms with Gasteiger partial charge in [-0.25, -0.2) is 13.1 Å². The Morgan fingerprint density at radius 1 is 1.45 bits per heavy atom. The molecule has 1 aliphatic heterocycles. The van der Waals surface area contributed by atoms with Crippen molar-refractivity contribution < 1.29 is 13.2 Å². The van der Waals surface area contributed by atoms with E-state index in [1.165, 1.54) is 6.92 Å². The second-order valence-corrected chi connectivity index (χ2v) is 7.07. The molecule has 110 valence electrons. The zero-order valence-corrected chi connectivity index (χ0v) is 12.6. The van der Waals surface area contributed by atoms with E-state index in [9.17, 15) is 13.2 Å². The van der Waals surface area contributed by atoms with Gasteiger partial charge in [0, 0.05) is 26.1 Å². The summed E-state index contributed by atoms with van der Waals surface area (Å²) in [6.45, 7) is 4.52. The van der Waals surface area contributed by atoms with E-state index in [2.05, 4.69) is 4.72 Å². The molecule has 6 heteroatoms. The number of nitrogens with zero attached hydrogens (tertiary/aromatic N) is 1. The minimum atomic E-state index is -3.37. The summed E-state index contributed by atoms with van der Waals surface area (Å²) in [5, 5.41) is 0. The number of aryl methyl sites for hydroxylation is 1. The van der Waals surface area contributed by atoms with Crippen LogP contribution in [-0.2, 0) is 20.6 Å². The first-order valence-electron chi connectivity index (χ1n) is 6.67. The molecule has 1 heterocycles. The predicted molar refractivity (Wildman–Crippen MR) is 77.6 cm³/mol. The maximum Gasteiger partial charge on any atom is 0.219 e. The number of likely N-dealkylation sites (tertiary alicyclic amines) is 1. The Bertz CT molecular complexity index is 598. The third-order valence-electron chi connectivity index (χ3n) is 3.42. The van der Waals surface area contributed by atoms with Gasteiger partial charge in [0.1, 0.15) is 0 Å². The standard InChI is InChI=1S/C14H20N2O3S/c1-11-4-3-5-13(8-11)10-20(18,19)15-14-6-7-16(9-14)12(2)17/h3-5,8,14-15H,6-7,9-10H2,1-2H3. The molecule has 1 aromatic rings. The van der Waals surface area contributed by atoms with Gasteiger partial charge in [-0.1, -0.05) is 29.8 Å². The molecule has 1 amide bonds. The molecular formula is C14H20N2O3S. The van der Waals surface area contributed by atoms with E-state index in [4.69, 9.17) is 0 Å². The topological polar surface area (TPSA) is 66.5 Å². The molecule has 1 fully saturated rings. The molecule has 0 radical (unpaired) electrons. The van der Waals surface area contributed by atoms with Gasteiger partial charge in [-0.05, 0) is 18.9 Å². The number of nitrogens with one attached hydrogen (secondary N) is 1. The summed E-state index contributed by atoms with van der Waals surface area (Å²) in [7, 11) is -3.37. The van der Waals surface area contributed by atoms with Crippen molar-refractivity contribution in [2.75, 3.05) is 13.1 Å². The van der Waals surface area contributed by atoms with Crippen LogP contribution in [-0.4, -0.2) is 38.4 Å². The summed E-state index contributed by atoms with van der Waals surface area (Å²) in [5.74, 6) is -0.0315. The molecule has 5 nitrogen and oxygen atoms in total. The van der Waals surface area contributed by atoms with Crippen molar-refractivity contribution in [3.8, 4) is 0 Å². The number of hydrogen-bond acceptors (Lipinski definition) is 3. The van der Waals surface area contributed by atoms with E-state index in [-0.39, 0.29) is 17.7 Å². The van der Waals surface area contributed by atoms with Crippen molar-refractivity contribution >= 4 is 15.9 Å². The average Bonchev–Trinajstić information content (AvgIpc) is 2.75. The Morgan fingerprint density at radius 3 is 2.80 bits per heavy atom. The van der Waals surface area contributed by atoms with Crippen LogP contribution in [0.5, 0.6) is 0 Å². The molecule has 1 unspecified atom stereocenters. The average molecular weight is 296 g/mol. The number of rotatable bonds is 4. The van der Waals surface area contributed by atoms with Gasteiger partial charge in [0.2, 0.25) is 15.9 Å². The van der Waals surface area contributed by atoms with Gasteiger partial charge in [0.05, 0.1) is 5.75 Å². The van der Waals surface area contributed by atoms with Crippen molar-refractivity contribution in [1.82, 2.24) is 9.62 Å². The first-order chi connectivity index (χ1) is 9.35. The number of carbonyl (C=O) groups is 1. The molecule has 0 bridgehead atoms. The molecule has 20 heavy (non-hydrogen) atoms. The third kappa shape index (κ3) is 4.05. The van der Waals surface area contributed by atoms with E-state index < -0.39 is 10.0 Å². The van der Waals surface area contributed by atoms with Gasteiger partial charge in [0.15, 0.2) is 0 Å². The van der Waals surface area contributed by atoms with Crippen LogP contribution in [0, 0.1) is 6.92 Å². The molecule has 0 spiro atoms. The van der Waals surface area contributed by atoms with Crippen LogP contribution in [0.1, 0.15) is 24.5 Å². The minimum absolute atomic E-state index is 0.00891. The molecule has 0 saturated carbocycles. The number of sulfonamides is 1. The Labute approximate surface area is 120 Å². The third-order valence-corrected chi connectivity index (χ3v) is 4.82. The summed E-state index contributed by atoms with van der Waals surface area (Å²) in [4.78, 5) is 12.9. The summed E-state index contributed by atoms with van der Waals surface area (Å²) in [5.41, 5.74) is 1.82. The van der Waals surface area contributed by atoms with E-state index in [0.29, 0.717) is 19.5 Å². The van der Waals surface area contributed by atoms with E-state index in [1.807, 2.05) is 31.2 Å². The first-order valence-corrected chi connectivity index (χ1v) is 8.32.